The maximum atomic E-state index is 14.7. The lowest BCUT2D eigenvalue weighted by Crippen LogP contribution is -2.70. The topological polar surface area (TPSA) is 252 Å². The standard InChI is InChI=1S/C62H98ClN5O15/c1-17-49-61(11,75)54(71)40(7)67(14)33-35(2)31-59(9,74)55(83-58-52(70)48(66(12)13)28-36(3)79-58)37(4)53(38(5)57(73)81-49)82-51-32-60(10,78-16)62(76,41(8)80-51)34-64-26-18-19-27-65-50(69)30-45-39(6)68(47-25-24-44(77-15)29-46(45)47)56(72)42-20-22-43(63)23-21-42/h20-25,29,35-38,40-41,48-49,51-55,58,64,70-71,74-76H,17-19,26-28,30-34H2,1-16H3,(H,65,69)/t35-,36-,37+,38-,40-,41+,48+,49-,51?,52-,53?,54-,55?,58+,59-,60-,61-,62-/m1/s1. The van der Waals surface area contributed by atoms with Crippen LogP contribution in [0.3, 0.4) is 0 Å². The Hall–Kier alpha value is -3.84. The van der Waals surface area contributed by atoms with Gasteiger partial charge in [-0.3, -0.25) is 19.0 Å². The van der Waals surface area contributed by atoms with Gasteiger partial charge in [0.2, 0.25) is 5.91 Å². The Morgan fingerprint density at radius 2 is 1.58 bits per heavy atom. The average Bonchev–Trinajstić information content (AvgIpc) is 2.75. The third-order valence-electron chi connectivity index (χ3n) is 18.4. The molecular formula is C62H98ClN5O15. The maximum absolute atomic E-state index is 14.7. The Kier molecular flexibility index (Phi) is 23.3. The summed E-state index contributed by atoms with van der Waals surface area (Å²) in [6.07, 6.45) is -7.10. The zero-order valence-corrected chi connectivity index (χ0v) is 52.7. The quantitative estimate of drug-likeness (QED) is 0.0604. The molecule has 3 saturated heterocycles. The summed E-state index contributed by atoms with van der Waals surface area (Å²) in [6.45, 7) is 20.7. The minimum absolute atomic E-state index is 0.00259. The number of unbranched alkanes of at least 4 members (excludes halogenated alkanes) is 1. The summed E-state index contributed by atoms with van der Waals surface area (Å²) >= 11 is 6.11. The number of hydrogen-bond acceptors (Lipinski definition) is 18. The maximum Gasteiger partial charge on any atom is 0.311 e. The number of aliphatic hydroxyl groups excluding tert-OH is 2. The van der Waals surface area contributed by atoms with Crippen LogP contribution in [0, 0.1) is 24.7 Å². The number of esters is 1. The fourth-order valence-electron chi connectivity index (χ4n) is 13.0. The molecule has 83 heavy (non-hydrogen) atoms. The Labute approximate surface area is 496 Å². The lowest BCUT2D eigenvalue weighted by molar-refractivity contribution is -0.336. The van der Waals surface area contributed by atoms with E-state index in [1.807, 2.05) is 70.8 Å². The molecule has 3 aliphatic heterocycles. The fraction of sp³-hybridized carbons (Fsp3) is 0.726. The smallest absolute Gasteiger partial charge is 0.311 e. The molecule has 3 unspecified atom stereocenters. The highest BCUT2D eigenvalue weighted by molar-refractivity contribution is 6.30. The molecule has 3 aliphatic rings. The lowest BCUT2D eigenvalue weighted by Gasteiger charge is -2.53. The van der Waals surface area contributed by atoms with Crippen molar-refractivity contribution >= 4 is 40.3 Å². The van der Waals surface area contributed by atoms with Gasteiger partial charge < -0.3 is 79.1 Å². The van der Waals surface area contributed by atoms with E-state index in [-0.39, 0.29) is 62.1 Å². The molecule has 0 radical (unpaired) electrons. The van der Waals surface area contributed by atoms with E-state index in [9.17, 15) is 39.9 Å². The number of halogens is 1. The Morgan fingerprint density at radius 3 is 2.20 bits per heavy atom. The highest BCUT2D eigenvalue weighted by Crippen LogP contribution is 2.44. The molecule has 18 atom stereocenters. The molecule has 468 valence electrons. The van der Waals surface area contributed by atoms with E-state index in [1.54, 1.807) is 83.6 Å². The molecule has 1 aromatic heterocycles. The second kappa shape index (κ2) is 28.3. The van der Waals surface area contributed by atoms with E-state index in [2.05, 4.69) is 10.6 Å². The number of fused-ring (bicyclic) bond motifs is 1. The first-order valence-corrected chi connectivity index (χ1v) is 30.0. The molecule has 0 spiro atoms. The van der Waals surface area contributed by atoms with Crippen LogP contribution in [0.2, 0.25) is 5.02 Å². The number of carbonyl (C=O) groups excluding carboxylic acids is 3. The van der Waals surface area contributed by atoms with Crippen molar-refractivity contribution in [3.8, 4) is 5.75 Å². The van der Waals surface area contributed by atoms with Gasteiger partial charge in [-0.1, -0.05) is 32.4 Å². The monoisotopic (exact) mass is 1190 g/mol. The lowest BCUT2D eigenvalue weighted by atomic mass is 9.75. The summed E-state index contributed by atoms with van der Waals surface area (Å²) in [7, 11) is 8.66. The van der Waals surface area contributed by atoms with Crippen molar-refractivity contribution in [2.24, 2.45) is 17.8 Å². The number of aliphatic hydroxyl groups is 5. The minimum Gasteiger partial charge on any atom is -0.497 e. The first-order valence-electron chi connectivity index (χ1n) is 29.6. The van der Waals surface area contributed by atoms with E-state index in [0.717, 1.165) is 5.39 Å². The van der Waals surface area contributed by atoms with E-state index in [4.69, 9.17) is 44.8 Å². The number of ether oxygens (including phenoxy) is 7. The number of methoxy groups -OCH3 is 2. The van der Waals surface area contributed by atoms with Crippen molar-refractivity contribution in [3.63, 3.8) is 0 Å². The molecule has 4 heterocycles. The van der Waals surface area contributed by atoms with Crippen molar-refractivity contribution < 1.29 is 73.1 Å². The molecule has 0 aliphatic carbocycles. The molecule has 6 rings (SSSR count). The molecular weight excluding hydrogens is 1090 g/mol. The fourth-order valence-corrected chi connectivity index (χ4v) is 13.2. The van der Waals surface area contributed by atoms with Crippen LogP contribution in [0.5, 0.6) is 5.75 Å². The van der Waals surface area contributed by atoms with Crippen molar-refractivity contribution in [1.82, 2.24) is 25.0 Å². The van der Waals surface area contributed by atoms with Crippen LogP contribution in [-0.2, 0) is 44.4 Å². The Balaban J connectivity index is 1.17. The largest absolute Gasteiger partial charge is 0.497 e. The van der Waals surface area contributed by atoms with Gasteiger partial charge in [-0.15, -0.1) is 0 Å². The van der Waals surface area contributed by atoms with E-state index < -0.39 is 95.5 Å². The molecule has 1 amide bonds. The van der Waals surface area contributed by atoms with Crippen LogP contribution in [0.1, 0.15) is 129 Å². The SMILES string of the molecule is CC[C@H]1OC(=O)[C@H](C)C(OC2C[C@@](C)(OC)[C@@](O)(CNCCCCNC(=O)Cc3c(C)n(C(=O)c4ccc(Cl)cc4)c4ccc(OC)cc34)[C@H](C)O2)[C@H](C)C(O[C@@H]2O[C@H](C)C[C@H](N(C)C)[C@H]2O)[C@](C)(O)C[C@@H](C)CN(C)[C@H](C)[C@@H](O)[C@]1(C)O. The number of likely N-dealkylation sites (N-methyl/N-ethyl adjacent to an activating group) is 2. The van der Waals surface area contributed by atoms with Crippen molar-refractivity contribution in [2.45, 2.75) is 211 Å². The van der Waals surface area contributed by atoms with E-state index >= 15 is 0 Å². The third-order valence-corrected chi connectivity index (χ3v) is 18.6. The van der Waals surface area contributed by atoms with Crippen LogP contribution in [0.15, 0.2) is 42.5 Å². The predicted octanol–water partition coefficient (Wildman–Crippen LogP) is 5.61. The number of cyclic esters (lactones) is 1. The average molecular weight is 1190 g/mol. The van der Waals surface area contributed by atoms with Gasteiger partial charge >= 0.3 is 5.97 Å². The van der Waals surface area contributed by atoms with Crippen LogP contribution in [0.4, 0.5) is 0 Å². The number of amides is 1. The minimum atomic E-state index is -1.87. The summed E-state index contributed by atoms with van der Waals surface area (Å²) in [5, 5.41) is 68.6. The normalized spacial score (nSPS) is 36.3. The number of hydrogen-bond donors (Lipinski definition) is 7. The molecule has 20 nitrogen and oxygen atoms in total. The van der Waals surface area contributed by atoms with Crippen LogP contribution >= 0.6 is 11.6 Å². The zero-order chi connectivity index (χ0) is 61.7. The Morgan fingerprint density at radius 1 is 0.916 bits per heavy atom. The predicted molar refractivity (Wildman–Crippen MR) is 316 cm³/mol. The summed E-state index contributed by atoms with van der Waals surface area (Å²) in [5.74, 6) is -2.73. The number of carbonyl (C=O) groups is 3. The van der Waals surface area contributed by atoms with Gasteiger partial charge in [0.25, 0.3) is 5.91 Å². The number of rotatable bonds is 18. The van der Waals surface area contributed by atoms with Crippen molar-refractivity contribution in [1.29, 1.82) is 0 Å². The van der Waals surface area contributed by atoms with E-state index in [0.29, 0.717) is 72.0 Å². The summed E-state index contributed by atoms with van der Waals surface area (Å²) in [6, 6.07) is 11.2. The molecule has 3 aromatic rings. The van der Waals surface area contributed by atoms with Gasteiger partial charge in [0.15, 0.2) is 12.6 Å². The van der Waals surface area contributed by atoms with Gasteiger partial charge in [-0.25, -0.2) is 0 Å². The van der Waals surface area contributed by atoms with Crippen LogP contribution < -0.4 is 15.4 Å². The van der Waals surface area contributed by atoms with Crippen LogP contribution in [0.25, 0.3) is 10.9 Å². The highest BCUT2D eigenvalue weighted by Gasteiger charge is 2.58. The van der Waals surface area contributed by atoms with Crippen molar-refractivity contribution in [2.75, 3.05) is 61.5 Å². The number of aromatic nitrogens is 1. The van der Waals surface area contributed by atoms with Gasteiger partial charge in [-0.05, 0) is 169 Å². The second-order valence-corrected chi connectivity index (χ2v) is 25.4. The molecule has 2 aromatic carbocycles. The first kappa shape index (κ1) is 68.3. The summed E-state index contributed by atoms with van der Waals surface area (Å²) in [5.41, 5.74) is -3.92. The van der Waals surface area contributed by atoms with Crippen LogP contribution in [-0.4, -0.2) is 209 Å². The third kappa shape index (κ3) is 15.3. The number of benzene rings is 2. The molecule has 21 heteroatoms. The molecule has 0 bridgehead atoms. The summed E-state index contributed by atoms with van der Waals surface area (Å²) < 4.78 is 46.2. The number of nitrogens with zero attached hydrogens (tertiary/aromatic N) is 3. The van der Waals surface area contributed by atoms with Crippen molar-refractivity contribution in [3.05, 3.63) is 64.3 Å². The van der Waals surface area contributed by atoms with Gasteiger partial charge in [0.05, 0.1) is 55.0 Å². The van der Waals surface area contributed by atoms with E-state index in [1.165, 1.54) is 14.0 Å². The Bertz CT molecular complexity index is 2640. The summed E-state index contributed by atoms with van der Waals surface area (Å²) in [4.78, 5) is 45.8. The first-order chi connectivity index (χ1) is 38.9. The molecule has 0 saturated carbocycles. The highest BCUT2D eigenvalue weighted by atomic mass is 35.5. The van der Waals surface area contributed by atoms with Gasteiger partial charge in [0.1, 0.15) is 40.9 Å². The second-order valence-electron chi connectivity index (χ2n) is 25.0. The molecule has 3 fully saturated rings. The van der Waals surface area contributed by atoms with Gasteiger partial charge in [0, 0.05) is 72.8 Å². The molecule has 7 N–H and O–H groups in total. The number of nitrogens with one attached hydrogen (secondary N) is 2. The zero-order valence-electron chi connectivity index (χ0n) is 51.9. The van der Waals surface area contributed by atoms with Gasteiger partial charge in [-0.2, -0.15) is 0 Å².